The van der Waals surface area contributed by atoms with Crippen LogP contribution in [0.15, 0.2) is 66.9 Å². The highest BCUT2D eigenvalue weighted by Gasteiger charge is 2.24. The van der Waals surface area contributed by atoms with Crippen LogP contribution in [0.4, 0.5) is 0 Å². The molecule has 3 aromatic rings. The summed E-state index contributed by atoms with van der Waals surface area (Å²) in [6.07, 6.45) is 4.69. The summed E-state index contributed by atoms with van der Waals surface area (Å²) in [5.41, 5.74) is 5.80. The molecular weight excluding hydrogens is 282 g/mol. The number of hydrogen-bond acceptors (Lipinski definition) is 1. The van der Waals surface area contributed by atoms with Gasteiger partial charge >= 0.3 is 0 Å². The van der Waals surface area contributed by atoms with Crippen molar-refractivity contribution >= 4 is 5.78 Å². The van der Waals surface area contributed by atoms with Crippen LogP contribution in [0.25, 0.3) is 11.3 Å². The predicted octanol–water partition coefficient (Wildman–Crippen LogP) is 4.72. The first kappa shape index (κ1) is 14.0. The molecule has 1 aliphatic rings. The predicted molar refractivity (Wildman–Crippen MR) is 92.7 cm³/mol. The molecule has 114 valence electrons. The van der Waals surface area contributed by atoms with Gasteiger partial charge in [-0.15, -0.1) is 0 Å². The van der Waals surface area contributed by atoms with E-state index in [2.05, 4.69) is 59.3 Å². The van der Waals surface area contributed by atoms with Crippen LogP contribution in [0.5, 0.6) is 0 Å². The molecular formula is C21H19NO. The Morgan fingerprint density at radius 3 is 2.30 bits per heavy atom. The zero-order chi connectivity index (χ0) is 15.6. The van der Waals surface area contributed by atoms with Crippen molar-refractivity contribution in [3.05, 3.63) is 83.6 Å². The van der Waals surface area contributed by atoms with E-state index in [0.717, 1.165) is 24.9 Å². The van der Waals surface area contributed by atoms with Gasteiger partial charge in [-0.2, -0.15) is 0 Å². The van der Waals surface area contributed by atoms with E-state index in [1.54, 1.807) is 0 Å². The molecule has 4 rings (SSSR count). The molecule has 0 bridgehead atoms. The van der Waals surface area contributed by atoms with Gasteiger partial charge in [-0.3, -0.25) is 4.79 Å². The van der Waals surface area contributed by atoms with Crippen LogP contribution >= 0.6 is 0 Å². The lowest BCUT2D eigenvalue weighted by atomic mass is 9.91. The molecule has 1 aromatic heterocycles. The first-order valence-corrected chi connectivity index (χ1v) is 8.17. The van der Waals surface area contributed by atoms with Gasteiger partial charge in [0.05, 0.1) is 5.69 Å². The third-order valence-electron chi connectivity index (χ3n) is 4.56. The first-order chi connectivity index (χ1) is 11.3. The van der Waals surface area contributed by atoms with Crippen molar-refractivity contribution in [2.24, 2.45) is 0 Å². The van der Waals surface area contributed by atoms with Crippen LogP contribution in [0.3, 0.4) is 0 Å². The number of nitrogens with zero attached hydrogens (tertiary/aromatic N) is 1. The molecule has 0 saturated heterocycles. The van der Waals surface area contributed by atoms with Gasteiger partial charge in [-0.05, 0) is 29.5 Å². The number of benzene rings is 2. The Balaban J connectivity index is 1.86. The molecule has 0 aliphatic heterocycles. The summed E-state index contributed by atoms with van der Waals surface area (Å²) in [6, 6.07) is 20.9. The average molecular weight is 301 g/mol. The molecule has 1 aliphatic carbocycles. The molecule has 0 fully saturated rings. The second kappa shape index (κ2) is 5.88. The summed E-state index contributed by atoms with van der Waals surface area (Å²) in [4.78, 5) is 12.3. The van der Waals surface area contributed by atoms with Crippen LogP contribution < -0.4 is 0 Å². The second-order valence-corrected chi connectivity index (χ2v) is 6.13. The summed E-state index contributed by atoms with van der Waals surface area (Å²) in [6.45, 7) is 0.797. The van der Waals surface area contributed by atoms with Crippen molar-refractivity contribution in [1.82, 2.24) is 4.57 Å². The number of aromatic nitrogens is 1. The Morgan fingerprint density at radius 2 is 1.57 bits per heavy atom. The van der Waals surface area contributed by atoms with Gasteiger partial charge in [-0.1, -0.05) is 60.7 Å². The minimum Gasteiger partial charge on any atom is -0.342 e. The summed E-state index contributed by atoms with van der Waals surface area (Å²) in [5, 5.41) is 0. The quantitative estimate of drug-likeness (QED) is 0.686. The largest absolute Gasteiger partial charge is 0.342 e. The SMILES string of the molecule is O=C1CCCc2c1cn(Cc1ccccc1)c2-c1ccccc1. The smallest absolute Gasteiger partial charge is 0.164 e. The molecule has 0 amide bonds. The minimum absolute atomic E-state index is 0.287. The topological polar surface area (TPSA) is 22.0 Å². The third-order valence-corrected chi connectivity index (χ3v) is 4.56. The van der Waals surface area contributed by atoms with Gasteiger partial charge in [0.25, 0.3) is 0 Å². The molecule has 2 nitrogen and oxygen atoms in total. The highest BCUT2D eigenvalue weighted by atomic mass is 16.1. The normalized spacial score (nSPS) is 13.8. The van der Waals surface area contributed by atoms with Gasteiger partial charge in [0.2, 0.25) is 0 Å². The van der Waals surface area contributed by atoms with E-state index in [9.17, 15) is 4.79 Å². The number of ketones is 1. The van der Waals surface area contributed by atoms with Crippen LogP contribution in [0.1, 0.15) is 34.3 Å². The zero-order valence-corrected chi connectivity index (χ0v) is 13.0. The molecule has 0 N–H and O–H groups in total. The van der Waals surface area contributed by atoms with E-state index in [0.29, 0.717) is 6.42 Å². The number of fused-ring (bicyclic) bond motifs is 1. The summed E-state index contributed by atoms with van der Waals surface area (Å²) in [7, 11) is 0. The van der Waals surface area contributed by atoms with E-state index in [-0.39, 0.29) is 5.78 Å². The minimum atomic E-state index is 0.287. The fraction of sp³-hybridized carbons (Fsp3) is 0.190. The Hall–Kier alpha value is -2.61. The highest BCUT2D eigenvalue weighted by molar-refractivity contribution is 6.00. The van der Waals surface area contributed by atoms with Gasteiger partial charge in [0.15, 0.2) is 5.78 Å². The van der Waals surface area contributed by atoms with Gasteiger partial charge in [0, 0.05) is 24.7 Å². The maximum Gasteiger partial charge on any atom is 0.164 e. The lowest BCUT2D eigenvalue weighted by Crippen LogP contribution is -2.08. The Morgan fingerprint density at radius 1 is 0.870 bits per heavy atom. The lowest BCUT2D eigenvalue weighted by molar-refractivity contribution is 0.0973. The molecule has 2 heteroatoms. The molecule has 0 atom stereocenters. The van der Waals surface area contributed by atoms with E-state index >= 15 is 0 Å². The number of carbonyl (C=O) groups is 1. The Kier molecular flexibility index (Phi) is 3.58. The first-order valence-electron chi connectivity index (χ1n) is 8.17. The van der Waals surface area contributed by atoms with E-state index in [4.69, 9.17) is 0 Å². The van der Waals surface area contributed by atoms with Crippen molar-refractivity contribution in [2.45, 2.75) is 25.8 Å². The maximum atomic E-state index is 12.3. The number of rotatable bonds is 3. The highest BCUT2D eigenvalue weighted by Crippen LogP contribution is 2.34. The molecule has 0 saturated carbocycles. The Bertz CT molecular complexity index is 831. The lowest BCUT2D eigenvalue weighted by Gasteiger charge is -2.14. The molecule has 23 heavy (non-hydrogen) atoms. The maximum absolute atomic E-state index is 12.3. The van der Waals surface area contributed by atoms with Gasteiger partial charge in [-0.25, -0.2) is 0 Å². The second-order valence-electron chi connectivity index (χ2n) is 6.13. The molecule has 0 radical (unpaired) electrons. The van der Waals surface area contributed by atoms with E-state index in [1.165, 1.54) is 22.4 Å². The van der Waals surface area contributed by atoms with Crippen molar-refractivity contribution in [3.8, 4) is 11.3 Å². The summed E-state index contributed by atoms with van der Waals surface area (Å²) in [5.74, 6) is 0.287. The van der Waals surface area contributed by atoms with Crippen molar-refractivity contribution in [1.29, 1.82) is 0 Å². The van der Waals surface area contributed by atoms with Crippen LogP contribution in [0, 0.1) is 0 Å². The van der Waals surface area contributed by atoms with Gasteiger partial charge < -0.3 is 4.57 Å². The van der Waals surface area contributed by atoms with Gasteiger partial charge in [0.1, 0.15) is 0 Å². The fourth-order valence-corrected chi connectivity index (χ4v) is 3.49. The fourth-order valence-electron chi connectivity index (χ4n) is 3.49. The van der Waals surface area contributed by atoms with Crippen molar-refractivity contribution in [3.63, 3.8) is 0 Å². The zero-order valence-electron chi connectivity index (χ0n) is 13.0. The average Bonchev–Trinajstić information content (AvgIpc) is 2.96. The summed E-state index contributed by atoms with van der Waals surface area (Å²) >= 11 is 0. The van der Waals surface area contributed by atoms with Crippen LogP contribution in [-0.4, -0.2) is 10.4 Å². The molecule has 1 heterocycles. The van der Waals surface area contributed by atoms with Crippen LogP contribution in [0.2, 0.25) is 0 Å². The monoisotopic (exact) mass is 301 g/mol. The number of carbonyl (C=O) groups excluding carboxylic acids is 1. The van der Waals surface area contributed by atoms with Crippen LogP contribution in [-0.2, 0) is 13.0 Å². The Labute approximate surface area is 136 Å². The van der Waals surface area contributed by atoms with Crippen molar-refractivity contribution in [2.75, 3.05) is 0 Å². The molecule has 0 spiro atoms. The van der Waals surface area contributed by atoms with E-state index < -0.39 is 0 Å². The molecule has 2 aromatic carbocycles. The standard InChI is InChI=1S/C21H19NO/c23-20-13-7-12-18-19(20)15-22(14-16-8-3-1-4-9-16)21(18)17-10-5-2-6-11-17/h1-6,8-11,15H,7,12-14H2. The summed E-state index contributed by atoms with van der Waals surface area (Å²) < 4.78 is 2.25. The van der Waals surface area contributed by atoms with Crippen molar-refractivity contribution < 1.29 is 4.79 Å². The van der Waals surface area contributed by atoms with E-state index in [1.807, 2.05) is 12.1 Å². The number of hydrogen-bond donors (Lipinski definition) is 0. The molecule has 0 unspecified atom stereocenters. The third kappa shape index (κ3) is 2.61. The number of Topliss-reactive ketones (excluding diaryl/α,β-unsaturated/α-hetero) is 1.